The van der Waals surface area contributed by atoms with Gasteiger partial charge in [-0.1, -0.05) is 6.07 Å². The Morgan fingerprint density at radius 3 is 2.50 bits per heavy atom. The van der Waals surface area contributed by atoms with E-state index in [1.807, 2.05) is 25.1 Å². The Kier molecular flexibility index (Phi) is 4.88. The third-order valence-electron chi connectivity index (χ3n) is 2.76. The van der Waals surface area contributed by atoms with E-state index in [4.69, 9.17) is 4.42 Å². The summed E-state index contributed by atoms with van der Waals surface area (Å²) in [6.07, 6.45) is 0. The van der Waals surface area contributed by atoms with Crippen molar-refractivity contribution in [1.82, 2.24) is 0 Å². The molecule has 0 aliphatic heterocycles. The maximum atomic E-state index is 11.4. The van der Waals surface area contributed by atoms with E-state index in [9.17, 15) is 4.79 Å². The molecule has 2 aromatic rings. The van der Waals surface area contributed by atoms with Crippen LogP contribution in [0.5, 0.6) is 0 Å². The number of carbonyl (C=O) groups excluding carboxylic acids is 1. The van der Waals surface area contributed by atoms with Crippen molar-refractivity contribution < 1.29 is 13.9 Å². The van der Waals surface area contributed by atoms with E-state index < -0.39 is 5.97 Å². The topological polar surface area (TPSA) is 51.5 Å². The summed E-state index contributed by atoms with van der Waals surface area (Å²) >= 11 is 6.98. The van der Waals surface area contributed by atoms with Crippen LogP contribution in [0.4, 0.5) is 5.69 Å². The van der Waals surface area contributed by atoms with Gasteiger partial charge in [-0.05, 0) is 63.0 Å². The molecule has 1 N–H and O–H groups in total. The SMILES string of the molecule is COC(=O)c1ccc(C(C)Nc2c(Br)cccc2Br)o1. The lowest BCUT2D eigenvalue weighted by atomic mass is 10.2. The van der Waals surface area contributed by atoms with Crippen LogP contribution in [0, 0.1) is 0 Å². The molecule has 1 atom stereocenters. The van der Waals surface area contributed by atoms with Gasteiger partial charge in [-0.3, -0.25) is 0 Å². The van der Waals surface area contributed by atoms with E-state index in [1.165, 1.54) is 7.11 Å². The Morgan fingerprint density at radius 1 is 1.25 bits per heavy atom. The van der Waals surface area contributed by atoms with Crippen LogP contribution in [-0.2, 0) is 4.74 Å². The summed E-state index contributed by atoms with van der Waals surface area (Å²) in [5, 5.41) is 3.33. The molecule has 0 bridgehead atoms. The number of methoxy groups -OCH3 is 1. The Hall–Kier alpha value is -1.27. The van der Waals surface area contributed by atoms with Gasteiger partial charge in [0.05, 0.1) is 18.8 Å². The molecule has 1 aromatic carbocycles. The van der Waals surface area contributed by atoms with E-state index >= 15 is 0 Å². The number of ether oxygens (including phenoxy) is 1. The maximum absolute atomic E-state index is 11.4. The number of anilines is 1. The lowest BCUT2D eigenvalue weighted by Gasteiger charge is -2.15. The Balaban J connectivity index is 2.18. The number of carbonyl (C=O) groups is 1. The molecule has 1 unspecified atom stereocenters. The molecule has 0 spiro atoms. The van der Waals surface area contributed by atoms with Crippen molar-refractivity contribution in [3.8, 4) is 0 Å². The van der Waals surface area contributed by atoms with Crippen LogP contribution in [0.15, 0.2) is 43.7 Å². The molecule has 4 nitrogen and oxygen atoms in total. The Labute approximate surface area is 133 Å². The van der Waals surface area contributed by atoms with Crippen molar-refractivity contribution >= 4 is 43.5 Å². The van der Waals surface area contributed by atoms with Gasteiger partial charge in [0.1, 0.15) is 5.76 Å². The molecule has 0 amide bonds. The molecule has 0 aliphatic carbocycles. The van der Waals surface area contributed by atoms with Gasteiger partial charge in [-0.2, -0.15) is 0 Å². The predicted octanol–water partition coefficient (Wildman–Crippen LogP) is 4.76. The molecule has 106 valence electrons. The van der Waals surface area contributed by atoms with Crippen LogP contribution >= 0.6 is 31.9 Å². The fourth-order valence-electron chi connectivity index (χ4n) is 1.72. The van der Waals surface area contributed by atoms with Crippen molar-refractivity contribution in [1.29, 1.82) is 0 Å². The lowest BCUT2D eigenvalue weighted by molar-refractivity contribution is 0.0562. The smallest absolute Gasteiger partial charge is 0.373 e. The molecule has 0 aliphatic rings. The highest BCUT2D eigenvalue weighted by Gasteiger charge is 2.16. The van der Waals surface area contributed by atoms with Gasteiger partial charge < -0.3 is 14.5 Å². The van der Waals surface area contributed by atoms with Crippen LogP contribution in [0.2, 0.25) is 0 Å². The van der Waals surface area contributed by atoms with Gasteiger partial charge in [-0.25, -0.2) is 4.79 Å². The number of halogens is 2. The molecule has 0 saturated heterocycles. The van der Waals surface area contributed by atoms with Crippen LogP contribution < -0.4 is 5.32 Å². The van der Waals surface area contributed by atoms with Crippen LogP contribution in [0.3, 0.4) is 0 Å². The molecule has 6 heteroatoms. The van der Waals surface area contributed by atoms with Gasteiger partial charge in [0, 0.05) is 8.95 Å². The highest BCUT2D eigenvalue weighted by Crippen LogP contribution is 2.33. The first kappa shape index (κ1) is 15.1. The van der Waals surface area contributed by atoms with Gasteiger partial charge in [0.2, 0.25) is 5.76 Å². The third kappa shape index (κ3) is 3.24. The molecular weight excluding hydrogens is 390 g/mol. The molecule has 1 heterocycles. The van der Waals surface area contributed by atoms with E-state index in [0.717, 1.165) is 14.6 Å². The first-order valence-corrected chi connectivity index (χ1v) is 7.50. The fourth-order valence-corrected chi connectivity index (χ4v) is 2.95. The number of hydrogen-bond acceptors (Lipinski definition) is 4. The lowest BCUT2D eigenvalue weighted by Crippen LogP contribution is -2.07. The summed E-state index contributed by atoms with van der Waals surface area (Å²) in [6, 6.07) is 9.10. The number of benzene rings is 1. The van der Waals surface area contributed by atoms with Crippen LogP contribution in [-0.4, -0.2) is 13.1 Å². The molecule has 20 heavy (non-hydrogen) atoms. The van der Waals surface area contributed by atoms with Crippen molar-refractivity contribution in [2.75, 3.05) is 12.4 Å². The minimum atomic E-state index is -0.481. The molecule has 0 saturated carbocycles. The number of hydrogen-bond donors (Lipinski definition) is 1. The molecule has 1 aromatic heterocycles. The van der Waals surface area contributed by atoms with Gasteiger partial charge in [0.25, 0.3) is 0 Å². The van der Waals surface area contributed by atoms with Crippen LogP contribution in [0.1, 0.15) is 29.3 Å². The second-order valence-corrected chi connectivity index (χ2v) is 5.86. The Morgan fingerprint density at radius 2 is 1.90 bits per heavy atom. The predicted molar refractivity (Wildman–Crippen MR) is 83.9 cm³/mol. The summed E-state index contributed by atoms with van der Waals surface area (Å²) in [5.74, 6) is 0.376. The fraction of sp³-hybridized carbons (Fsp3) is 0.214. The van der Waals surface area contributed by atoms with Gasteiger partial charge in [0.15, 0.2) is 0 Å². The van der Waals surface area contributed by atoms with Crippen molar-refractivity contribution in [2.24, 2.45) is 0 Å². The number of nitrogens with one attached hydrogen (secondary N) is 1. The van der Waals surface area contributed by atoms with Crippen molar-refractivity contribution in [2.45, 2.75) is 13.0 Å². The minimum Gasteiger partial charge on any atom is -0.463 e. The summed E-state index contributed by atoms with van der Waals surface area (Å²) in [7, 11) is 1.32. The number of rotatable bonds is 4. The van der Waals surface area contributed by atoms with Crippen molar-refractivity contribution in [3.63, 3.8) is 0 Å². The zero-order chi connectivity index (χ0) is 14.7. The summed E-state index contributed by atoms with van der Waals surface area (Å²) in [5.41, 5.74) is 0.927. The molecule has 2 rings (SSSR count). The minimum absolute atomic E-state index is 0.0941. The van der Waals surface area contributed by atoms with E-state index in [2.05, 4.69) is 41.9 Å². The summed E-state index contributed by atoms with van der Waals surface area (Å²) in [4.78, 5) is 11.4. The third-order valence-corrected chi connectivity index (χ3v) is 4.09. The second-order valence-electron chi connectivity index (χ2n) is 4.16. The monoisotopic (exact) mass is 401 g/mol. The maximum Gasteiger partial charge on any atom is 0.373 e. The van der Waals surface area contributed by atoms with Crippen molar-refractivity contribution in [3.05, 3.63) is 50.8 Å². The number of esters is 1. The number of para-hydroxylation sites is 1. The average Bonchev–Trinajstić information content (AvgIpc) is 2.92. The summed E-state index contributed by atoms with van der Waals surface area (Å²) in [6.45, 7) is 1.95. The highest BCUT2D eigenvalue weighted by atomic mass is 79.9. The van der Waals surface area contributed by atoms with E-state index in [1.54, 1.807) is 12.1 Å². The molecule has 0 radical (unpaired) electrons. The standard InChI is InChI=1S/C14H13Br2NO3/c1-8(11-6-7-12(20-11)14(18)19-2)17-13-9(15)4-3-5-10(13)16/h3-8,17H,1-2H3. The zero-order valence-electron chi connectivity index (χ0n) is 10.9. The summed E-state index contributed by atoms with van der Waals surface area (Å²) < 4.78 is 12.0. The quantitative estimate of drug-likeness (QED) is 0.748. The Bertz CT molecular complexity index is 604. The largest absolute Gasteiger partial charge is 0.463 e. The number of furan rings is 1. The normalized spacial score (nSPS) is 12.0. The zero-order valence-corrected chi connectivity index (χ0v) is 14.1. The second kappa shape index (κ2) is 6.45. The molecular formula is C14H13Br2NO3. The molecule has 0 fully saturated rings. The van der Waals surface area contributed by atoms with Crippen LogP contribution in [0.25, 0.3) is 0 Å². The first-order chi connectivity index (χ1) is 9.52. The highest BCUT2D eigenvalue weighted by molar-refractivity contribution is 9.11. The van der Waals surface area contributed by atoms with Gasteiger partial charge in [-0.15, -0.1) is 0 Å². The van der Waals surface area contributed by atoms with Gasteiger partial charge >= 0.3 is 5.97 Å². The first-order valence-electron chi connectivity index (χ1n) is 5.91. The van der Waals surface area contributed by atoms with E-state index in [-0.39, 0.29) is 11.8 Å². The average molecular weight is 403 g/mol. The van der Waals surface area contributed by atoms with E-state index in [0.29, 0.717) is 5.76 Å².